The summed E-state index contributed by atoms with van der Waals surface area (Å²) >= 11 is 0. The molecule has 0 bridgehead atoms. The first kappa shape index (κ1) is 10.7. The number of carboxylic acid groups (broad SMARTS) is 1. The van der Waals surface area contributed by atoms with E-state index in [1.54, 1.807) is 6.20 Å². The third-order valence-corrected chi connectivity index (χ3v) is 2.50. The van der Waals surface area contributed by atoms with Crippen molar-refractivity contribution < 1.29 is 9.90 Å². The van der Waals surface area contributed by atoms with E-state index in [1.807, 2.05) is 22.9 Å². The Labute approximate surface area is 93.5 Å². The smallest absolute Gasteiger partial charge is 0.307 e. The van der Waals surface area contributed by atoms with Gasteiger partial charge in [0.15, 0.2) is 0 Å². The maximum absolute atomic E-state index is 10.6. The zero-order valence-corrected chi connectivity index (χ0v) is 9.34. The van der Waals surface area contributed by atoms with Crippen LogP contribution in [-0.4, -0.2) is 20.9 Å². The summed E-state index contributed by atoms with van der Waals surface area (Å²) in [7, 11) is 0. The van der Waals surface area contributed by atoms with E-state index in [0.717, 1.165) is 16.5 Å². The summed E-state index contributed by atoms with van der Waals surface area (Å²) in [6.07, 6.45) is 1.84. The van der Waals surface area contributed by atoms with Gasteiger partial charge >= 0.3 is 5.97 Å². The molecule has 2 aromatic rings. The van der Waals surface area contributed by atoms with Gasteiger partial charge in [-0.05, 0) is 31.5 Å². The lowest BCUT2D eigenvalue weighted by Crippen LogP contribution is -2.02. The highest BCUT2D eigenvalue weighted by Crippen LogP contribution is 2.19. The number of aromatic nitrogens is 2. The molecule has 0 spiro atoms. The summed E-state index contributed by atoms with van der Waals surface area (Å²) in [5.74, 6) is -0.810. The predicted molar refractivity (Wildman–Crippen MR) is 61.5 cm³/mol. The van der Waals surface area contributed by atoms with Crippen LogP contribution in [-0.2, 0) is 11.2 Å². The molecule has 0 atom stereocenters. The highest BCUT2D eigenvalue weighted by molar-refractivity contribution is 5.81. The van der Waals surface area contributed by atoms with Gasteiger partial charge in [-0.25, -0.2) is 0 Å². The van der Waals surface area contributed by atoms with Crippen LogP contribution in [0.2, 0.25) is 0 Å². The Balaban J connectivity index is 2.45. The van der Waals surface area contributed by atoms with Gasteiger partial charge in [-0.2, -0.15) is 5.10 Å². The number of nitrogens with zero attached hydrogens (tertiary/aromatic N) is 2. The number of rotatable bonds is 3. The van der Waals surface area contributed by atoms with Crippen molar-refractivity contribution in [3.05, 3.63) is 30.0 Å². The average molecular weight is 218 g/mol. The maximum Gasteiger partial charge on any atom is 0.307 e. The van der Waals surface area contributed by atoms with E-state index in [0.29, 0.717) is 6.04 Å². The van der Waals surface area contributed by atoms with Crippen molar-refractivity contribution in [3.8, 4) is 0 Å². The van der Waals surface area contributed by atoms with Gasteiger partial charge in [0, 0.05) is 11.4 Å². The molecule has 0 aliphatic carbocycles. The molecule has 1 N–H and O–H groups in total. The molecule has 4 heteroatoms. The van der Waals surface area contributed by atoms with Crippen molar-refractivity contribution in [1.82, 2.24) is 9.78 Å². The van der Waals surface area contributed by atoms with Crippen molar-refractivity contribution in [2.75, 3.05) is 0 Å². The monoisotopic (exact) mass is 218 g/mol. The summed E-state index contributed by atoms with van der Waals surface area (Å²) < 4.78 is 1.93. The Morgan fingerprint density at radius 2 is 2.25 bits per heavy atom. The topological polar surface area (TPSA) is 55.1 Å². The first-order valence-corrected chi connectivity index (χ1v) is 5.26. The lowest BCUT2D eigenvalue weighted by atomic mass is 10.1. The summed E-state index contributed by atoms with van der Waals surface area (Å²) in [5.41, 5.74) is 1.85. The molecular weight excluding hydrogens is 204 g/mol. The fraction of sp³-hybridized carbons (Fsp3) is 0.333. The second-order valence-electron chi connectivity index (χ2n) is 4.15. The Morgan fingerprint density at radius 3 is 2.88 bits per heavy atom. The Bertz CT molecular complexity index is 529. The van der Waals surface area contributed by atoms with Crippen LogP contribution >= 0.6 is 0 Å². The van der Waals surface area contributed by atoms with Gasteiger partial charge in [-0.3, -0.25) is 9.48 Å². The minimum absolute atomic E-state index is 0.0583. The SMILES string of the molecule is CC(C)n1ncc2cc(CC(=O)O)ccc21. The van der Waals surface area contributed by atoms with Crippen molar-refractivity contribution in [3.63, 3.8) is 0 Å². The van der Waals surface area contributed by atoms with Gasteiger partial charge in [0.1, 0.15) is 0 Å². The summed E-state index contributed by atoms with van der Waals surface area (Å²) in [6.45, 7) is 4.13. The van der Waals surface area contributed by atoms with Crippen LogP contribution in [0.15, 0.2) is 24.4 Å². The molecule has 84 valence electrons. The normalized spacial score (nSPS) is 11.2. The maximum atomic E-state index is 10.6. The number of hydrogen-bond acceptors (Lipinski definition) is 2. The van der Waals surface area contributed by atoms with Crippen LogP contribution in [0.1, 0.15) is 25.5 Å². The number of hydrogen-bond donors (Lipinski definition) is 1. The fourth-order valence-electron chi connectivity index (χ4n) is 1.80. The minimum atomic E-state index is -0.810. The highest BCUT2D eigenvalue weighted by Gasteiger charge is 2.07. The van der Waals surface area contributed by atoms with Crippen molar-refractivity contribution in [1.29, 1.82) is 0 Å². The second-order valence-corrected chi connectivity index (χ2v) is 4.15. The van der Waals surface area contributed by atoms with Gasteiger partial charge < -0.3 is 5.11 Å². The Hall–Kier alpha value is -1.84. The van der Waals surface area contributed by atoms with Crippen LogP contribution < -0.4 is 0 Å². The van der Waals surface area contributed by atoms with Gasteiger partial charge in [0.05, 0.1) is 18.1 Å². The van der Waals surface area contributed by atoms with Gasteiger partial charge in [0.25, 0.3) is 0 Å². The van der Waals surface area contributed by atoms with E-state index in [2.05, 4.69) is 18.9 Å². The molecule has 1 aromatic carbocycles. The molecule has 0 aliphatic heterocycles. The Morgan fingerprint density at radius 1 is 1.50 bits per heavy atom. The fourth-order valence-corrected chi connectivity index (χ4v) is 1.80. The molecular formula is C12H14N2O2. The van der Waals surface area contributed by atoms with Crippen LogP contribution in [0.3, 0.4) is 0 Å². The van der Waals surface area contributed by atoms with Gasteiger partial charge in [-0.1, -0.05) is 6.07 Å². The zero-order valence-electron chi connectivity index (χ0n) is 9.34. The standard InChI is InChI=1S/C12H14N2O2/c1-8(2)14-11-4-3-9(6-12(15)16)5-10(11)7-13-14/h3-5,7-8H,6H2,1-2H3,(H,15,16). The first-order chi connectivity index (χ1) is 7.58. The van der Waals surface area contributed by atoms with Crippen LogP contribution in [0.25, 0.3) is 10.9 Å². The lowest BCUT2D eigenvalue weighted by molar-refractivity contribution is -0.136. The van der Waals surface area contributed by atoms with Crippen LogP contribution in [0, 0.1) is 0 Å². The van der Waals surface area contributed by atoms with E-state index in [-0.39, 0.29) is 6.42 Å². The third-order valence-electron chi connectivity index (χ3n) is 2.50. The molecule has 0 aliphatic rings. The zero-order chi connectivity index (χ0) is 11.7. The number of benzene rings is 1. The summed E-state index contributed by atoms with van der Waals surface area (Å²) in [6, 6.07) is 5.97. The second kappa shape index (κ2) is 3.96. The average Bonchev–Trinajstić information content (AvgIpc) is 2.59. The van der Waals surface area contributed by atoms with Crippen molar-refractivity contribution in [2.45, 2.75) is 26.3 Å². The van der Waals surface area contributed by atoms with Crippen molar-refractivity contribution >= 4 is 16.9 Å². The molecule has 1 heterocycles. The first-order valence-electron chi connectivity index (χ1n) is 5.26. The quantitative estimate of drug-likeness (QED) is 0.859. The summed E-state index contributed by atoms with van der Waals surface area (Å²) in [5, 5.41) is 14.0. The largest absolute Gasteiger partial charge is 0.481 e. The molecule has 0 fully saturated rings. The van der Waals surface area contributed by atoms with Crippen LogP contribution in [0.4, 0.5) is 0 Å². The third kappa shape index (κ3) is 1.91. The molecule has 0 saturated heterocycles. The number of carboxylic acids is 1. The lowest BCUT2D eigenvalue weighted by Gasteiger charge is -2.07. The van der Waals surface area contributed by atoms with Gasteiger partial charge in [-0.15, -0.1) is 0 Å². The Kier molecular flexibility index (Phi) is 2.64. The van der Waals surface area contributed by atoms with Gasteiger partial charge in [0.2, 0.25) is 0 Å². The van der Waals surface area contributed by atoms with E-state index in [1.165, 1.54) is 0 Å². The molecule has 0 unspecified atom stereocenters. The molecule has 2 rings (SSSR count). The molecule has 0 saturated carbocycles. The molecule has 16 heavy (non-hydrogen) atoms. The predicted octanol–water partition coefficient (Wildman–Crippen LogP) is 2.24. The van der Waals surface area contributed by atoms with E-state index in [9.17, 15) is 4.79 Å². The minimum Gasteiger partial charge on any atom is -0.481 e. The van der Waals surface area contributed by atoms with E-state index < -0.39 is 5.97 Å². The highest BCUT2D eigenvalue weighted by atomic mass is 16.4. The number of fused-ring (bicyclic) bond motifs is 1. The van der Waals surface area contributed by atoms with Crippen LogP contribution in [0.5, 0.6) is 0 Å². The molecule has 4 nitrogen and oxygen atoms in total. The van der Waals surface area contributed by atoms with E-state index in [4.69, 9.17) is 5.11 Å². The van der Waals surface area contributed by atoms with Crippen molar-refractivity contribution in [2.24, 2.45) is 0 Å². The molecule has 0 amide bonds. The molecule has 1 aromatic heterocycles. The van der Waals surface area contributed by atoms with E-state index >= 15 is 0 Å². The molecule has 0 radical (unpaired) electrons. The summed E-state index contributed by atoms with van der Waals surface area (Å²) in [4.78, 5) is 10.6. The number of aliphatic carboxylic acids is 1. The number of carbonyl (C=O) groups is 1.